The van der Waals surface area contributed by atoms with Crippen LogP contribution in [0.1, 0.15) is 31.2 Å². The second-order valence-corrected chi connectivity index (χ2v) is 6.43. The average Bonchev–Trinajstić information content (AvgIpc) is 3.06. The van der Waals surface area contributed by atoms with Crippen LogP contribution in [0.3, 0.4) is 0 Å². The fourth-order valence-corrected chi connectivity index (χ4v) is 3.43. The van der Waals surface area contributed by atoms with Crippen LogP contribution in [0.25, 0.3) is 0 Å². The van der Waals surface area contributed by atoms with Crippen molar-refractivity contribution in [1.29, 1.82) is 0 Å². The Bertz CT molecular complexity index is 541. The number of carbonyl (C=O) groups excluding carboxylic acids is 1. The van der Waals surface area contributed by atoms with E-state index in [0.717, 1.165) is 38.8 Å². The third kappa shape index (κ3) is 4.06. The Kier molecular flexibility index (Phi) is 5.23. The van der Waals surface area contributed by atoms with Crippen molar-refractivity contribution in [3.8, 4) is 0 Å². The van der Waals surface area contributed by atoms with E-state index in [9.17, 15) is 13.6 Å². The van der Waals surface area contributed by atoms with Crippen LogP contribution in [0.2, 0.25) is 0 Å². The highest BCUT2D eigenvalue weighted by Gasteiger charge is 2.27. The van der Waals surface area contributed by atoms with Crippen molar-refractivity contribution >= 4 is 5.91 Å². The number of likely N-dealkylation sites (tertiary alicyclic amines) is 1. The minimum Gasteiger partial charge on any atom is -0.351 e. The topological polar surface area (TPSA) is 44.4 Å². The summed E-state index contributed by atoms with van der Waals surface area (Å²) in [6.45, 7) is 2.56. The molecule has 2 aliphatic rings. The molecule has 23 heavy (non-hydrogen) atoms. The highest BCUT2D eigenvalue weighted by molar-refractivity contribution is 5.82. The summed E-state index contributed by atoms with van der Waals surface area (Å²) in [5, 5.41) is 6.26. The second-order valence-electron chi connectivity index (χ2n) is 6.43. The van der Waals surface area contributed by atoms with Gasteiger partial charge in [0, 0.05) is 24.7 Å². The maximum absolute atomic E-state index is 13.8. The fraction of sp³-hybridized carbons (Fsp3) is 0.588. The molecule has 126 valence electrons. The number of hydrogen-bond acceptors (Lipinski definition) is 3. The lowest BCUT2D eigenvalue weighted by atomic mass is 10.0. The first kappa shape index (κ1) is 16.3. The van der Waals surface area contributed by atoms with Crippen molar-refractivity contribution in [3.63, 3.8) is 0 Å². The van der Waals surface area contributed by atoms with Crippen LogP contribution < -0.4 is 10.6 Å². The molecule has 2 N–H and O–H groups in total. The maximum atomic E-state index is 13.8. The van der Waals surface area contributed by atoms with Gasteiger partial charge in [-0.25, -0.2) is 8.78 Å². The van der Waals surface area contributed by atoms with Gasteiger partial charge in [0.2, 0.25) is 5.91 Å². The summed E-state index contributed by atoms with van der Waals surface area (Å²) in [5.41, 5.74) is 0.108. The lowest BCUT2D eigenvalue weighted by molar-refractivity contribution is -0.123. The van der Waals surface area contributed by atoms with E-state index < -0.39 is 11.6 Å². The minimum absolute atomic E-state index is 0.0476. The van der Waals surface area contributed by atoms with Crippen molar-refractivity contribution in [1.82, 2.24) is 15.5 Å². The van der Waals surface area contributed by atoms with Gasteiger partial charge in [0.05, 0.1) is 6.04 Å². The molecule has 0 aliphatic carbocycles. The molecule has 1 aromatic rings. The van der Waals surface area contributed by atoms with Gasteiger partial charge in [-0.05, 0) is 50.9 Å². The minimum atomic E-state index is -0.508. The van der Waals surface area contributed by atoms with E-state index in [0.29, 0.717) is 6.54 Å². The molecule has 0 spiro atoms. The van der Waals surface area contributed by atoms with Crippen molar-refractivity contribution in [3.05, 3.63) is 35.4 Å². The number of rotatable bonds is 4. The van der Waals surface area contributed by atoms with Crippen LogP contribution in [-0.4, -0.2) is 42.5 Å². The van der Waals surface area contributed by atoms with Crippen LogP contribution in [0.5, 0.6) is 0 Å². The molecule has 0 aromatic heterocycles. The van der Waals surface area contributed by atoms with E-state index >= 15 is 0 Å². The highest BCUT2D eigenvalue weighted by atomic mass is 19.1. The molecule has 0 saturated carbocycles. The molecule has 1 amide bonds. The first-order chi connectivity index (χ1) is 11.1. The Balaban J connectivity index is 1.56. The van der Waals surface area contributed by atoms with Crippen molar-refractivity contribution in [2.45, 2.75) is 44.3 Å². The van der Waals surface area contributed by atoms with E-state index in [1.165, 1.54) is 18.2 Å². The van der Waals surface area contributed by atoms with Gasteiger partial charge in [0.25, 0.3) is 0 Å². The molecule has 6 heteroatoms. The number of amides is 1. The first-order valence-electron chi connectivity index (χ1n) is 8.32. The summed E-state index contributed by atoms with van der Waals surface area (Å²) in [6.07, 6.45) is 3.73. The summed E-state index contributed by atoms with van der Waals surface area (Å²) in [5.74, 6) is -0.968. The molecule has 0 bridgehead atoms. The maximum Gasteiger partial charge on any atom is 0.237 e. The Morgan fingerprint density at radius 1 is 1.26 bits per heavy atom. The summed E-state index contributed by atoms with van der Waals surface area (Å²) >= 11 is 0. The molecule has 0 radical (unpaired) electrons. The SMILES string of the molecule is O=C(NC1CCCN(Cc2c(F)cccc2F)C1)[C@@H]1CCCN1. The summed E-state index contributed by atoms with van der Waals surface area (Å²) in [7, 11) is 0. The smallest absolute Gasteiger partial charge is 0.237 e. The van der Waals surface area contributed by atoms with E-state index in [2.05, 4.69) is 10.6 Å². The monoisotopic (exact) mass is 323 g/mol. The fourth-order valence-electron chi connectivity index (χ4n) is 3.43. The number of piperidine rings is 1. The molecule has 2 aliphatic heterocycles. The Labute approximate surface area is 135 Å². The molecule has 1 aromatic carbocycles. The van der Waals surface area contributed by atoms with Crippen molar-refractivity contribution in [2.75, 3.05) is 19.6 Å². The van der Waals surface area contributed by atoms with Gasteiger partial charge >= 0.3 is 0 Å². The molecule has 2 atom stereocenters. The predicted octanol–water partition coefficient (Wildman–Crippen LogP) is 1.80. The van der Waals surface area contributed by atoms with Gasteiger partial charge in [0.1, 0.15) is 11.6 Å². The van der Waals surface area contributed by atoms with E-state index in [-0.39, 0.29) is 30.1 Å². The zero-order valence-corrected chi connectivity index (χ0v) is 13.2. The third-order valence-electron chi connectivity index (χ3n) is 4.67. The molecule has 2 saturated heterocycles. The van der Waals surface area contributed by atoms with Gasteiger partial charge in [-0.1, -0.05) is 6.07 Å². The zero-order valence-electron chi connectivity index (χ0n) is 13.2. The molecular weight excluding hydrogens is 300 g/mol. The lowest BCUT2D eigenvalue weighted by Crippen LogP contribution is -2.51. The van der Waals surface area contributed by atoms with Gasteiger partial charge in [-0.2, -0.15) is 0 Å². The quantitative estimate of drug-likeness (QED) is 0.888. The molecule has 2 heterocycles. The number of nitrogens with one attached hydrogen (secondary N) is 2. The van der Waals surface area contributed by atoms with Crippen LogP contribution in [0.15, 0.2) is 18.2 Å². The molecule has 1 unspecified atom stereocenters. The molecular formula is C17H23F2N3O. The van der Waals surface area contributed by atoms with Crippen LogP contribution >= 0.6 is 0 Å². The number of benzene rings is 1. The lowest BCUT2D eigenvalue weighted by Gasteiger charge is -2.33. The van der Waals surface area contributed by atoms with Gasteiger partial charge < -0.3 is 10.6 Å². The predicted molar refractivity (Wildman–Crippen MR) is 83.8 cm³/mol. The number of halogens is 2. The Hall–Kier alpha value is -1.53. The van der Waals surface area contributed by atoms with Crippen molar-refractivity contribution < 1.29 is 13.6 Å². The Morgan fingerprint density at radius 2 is 2.04 bits per heavy atom. The average molecular weight is 323 g/mol. The summed E-state index contributed by atoms with van der Waals surface area (Å²) in [4.78, 5) is 14.2. The van der Waals surface area contributed by atoms with E-state index in [1.807, 2.05) is 4.90 Å². The van der Waals surface area contributed by atoms with E-state index in [1.54, 1.807) is 0 Å². The first-order valence-corrected chi connectivity index (χ1v) is 8.32. The third-order valence-corrected chi connectivity index (χ3v) is 4.67. The highest BCUT2D eigenvalue weighted by Crippen LogP contribution is 2.18. The number of nitrogens with zero attached hydrogens (tertiary/aromatic N) is 1. The summed E-state index contributed by atoms with van der Waals surface area (Å²) in [6, 6.07) is 3.91. The summed E-state index contributed by atoms with van der Waals surface area (Å²) < 4.78 is 27.5. The van der Waals surface area contributed by atoms with Crippen LogP contribution in [0, 0.1) is 11.6 Å². The molecule has 3 rings (SSSR count). The van der Waals surface area contributed by atoms with Crippen LogP contribution in [-0.2, 0) is 11.3 Å². The Morgan fingerprint density at radius 3 is 2.74 bits per heavy atom. The number of hydrogen-bond donors (Lipinski definition) is 2. The van der Waals surface area contributed by atoms with Gasteiger partial charge in [0.15, 0.2) is 0 Å². The standard InChI is InChI=1S/C17H23F2N3O/c18-14-5-1-6-15(19)13(14)11-22-9-3-4-12(10-22)21-17(23)16-7-2-8-20-16/h1,5-6,12,16,20H,2-4,7-11H2,(H,21,23)/t12?,16-/m0/s1. The van der Waals surface area contributed by atoms with E-state index in [4.69, 9.17) is 0 Å². The largest absolute Gasteiger partial charge is 0.351 e. The number of carbonyl (C=O) groups is 1. The molecule has 2 fully saturated rings. The van der Waals surface area contributed by atoms with Gasteiger partial charge in [-0.3, -0.25) is 9.69 Å². The van der Waals surface area contributed by atoms with Gasteiger partial charge in [-0.15, -0.1) is 0 Å². The van der Waals surface area contributed by atoms with Crippen LogP contribution in [0.4, 0.5) is 8.78 Å². The zero-order chi connectivity index (χ0) is 16.2. The van der Waals surface area contributed by atoms with Crippen molar-refractivity contribution in [2.24, 2.45) is 0 Å². The second kappa shape index (κ2) is 7.36. The normalized spacial score (nSPS) is 25.5. The molecule has 4 nitrogen and oxygen atoms in total.